The van der Waals surface area contributed by atoms with Gasteiger partial charge in [-0.05, 0) is 26.0 Å². The minimum atomic E-state index is -3.33. The van der Waals surface area contributed by atoms with Crippen LogP contribution in [0.25, 0.3) is 0 Å². The summed E-state index contributed by atoms with van der Waals surface area (Å²) in [5.41, 5.74) is 0.546. The van der Waals surface area contributed by atoms with Gasteiger partial charge in [0.1, 0.15) is 6.54 Å². The highest BCUT2D eigenvalue weighted by atomic mass is 32.2. The van der Waals surface area contributed by atoms with E-state index in [0.717, 1.165) is 0 Å². The zero-order valence-corrected chi connectivity index (χ0v) is 12.9. The van der Waals surface area contributed by atoms with Crippen LogP contribution < -0.4 is 4.90 Å². The Kier molecular flexibility index (Phi) is 6.01. The third-order valence-corrected chi connectivity index (χ3v) is 4.70. The molecule has 0 saturated heterocycles. The number of likely N-dealkylation sites (N-methyl/N-ethyl adjacent to an activating group) is 1. The minimum Gasteiger partial charge on any atom is -0.465 e. The van der Waals surface area contributed by atoms with Crippen LogP contribution in [0.5, 0.6) is 0 Å². The number of benzene rings is 1. The molecule has 0 heterocycles. The Balaban J connectivity index is 3.13. The van der Waals surface area contributed by atoms with E-state index >= 15 is 0 Å². The van der Waals surface area contributed by atoms with Crippen molar-refractivity contribution in [3.8, 4) is 0 Å². The second-order valence-corrected chi connectivity index (χ2v) is 6.44. The van der Waals surface area contributed by atoms with E-state index in [9.17, 15) is 13.2 Å². The average molecular weight is 299 g/mol. The molecule has 0 aromatic heterocycles. The molecule has 20 heavy (non-hydrogen) atoms. The lowest BCUT2D eigenvalue weighted by molar-refractivity contribution is -0.141. The number of para-hydroxylation sites is 1. The fourth-order valence-corrected chi connectivity index (χ4v) is 2.98. The van der Waals surface area contributed by atoms with E-state index in [4.69, 9.17) is 4.74 Å². The number of hydrogen-bond acceptors (Lipinski definition) is 5. The molecule has 5 nitrogen and oxygen atoms in total. The second kappa shape index (κ2) is 7.28. The molecule has 0 radical (unpaired) electrons. The number of hydrogen-bond donors (Lipinski definition) is 0. The maximum absolute atomic E-state index is 12.1. The Morgan fingerprint density at radius 1 is 1.20 bits per heavy atom. The van der Waals surface area contributed by atoms with E-state index in [1.54, 1.807) is 43.0 Å². The summed E-state index contributed by atoms with van der Waals surface area (Å²) in [5.74, 6) is -0.334. The molecule has 0 amide bonds. The third-order valence-electron chi connectivity index (χ3n) is 2.93. The molecule has 0 unspecified atom stereocenters. The van der Waals surface area contributed by atoms with Gasteiger partial charge in [-0.25, -0.2) is 8.42 Å². The summed E-state index contributed by atoms with van der Waals surface area (Å²) < 4.78 is 29.1. The van der Waals surface area contributed by atoms with E-state index in [1.165, 1.54) is 0 Å². The van der Waals surface area contributed by atoms with Crippen molar-refractivity contribution in [2.45, 2.75) is 25.7 Å². The topological polar surface area (TPSA) is 63.7 Å². The summed E-state index contributed by atoms with van der Waals surface area (Å²) in [5, 5.41) is 0. The maximum Gasteiger partial charge on any atom is 0.325 e. The summed E-state index contributed by atoms with van der Waals surface area (Å²) in [6.07, 6.45) is 0. The summed E-state index contributed by atoms with van der Waals surface area (Å²) in [6.45, 7) is 6.09. The molecule has 112 valence electrons. The molecule has 0 saturated carbocycles. The fraction of sp³-hybridized carbons (Fsp3) is 0.500. The second-order valence-electron chi connectivity index (χ2n) is 4.19. The molecule has 0 bridgehead atoms. The lowest BCUT2D eigenvalue weighted by Gasteiger charge is -2.24. The number of esters is 1. The van der Waals surface area contributed by atoms with Gasteiger partial charge in [-0.1, -0.05) is 19.1 Å². The number of carbonyl (C=O) groups is 1. The summed E-state index contributed by atoms with van der Waals surface area (Å²) in [6, 6.07) is 6.73. The van der Waals surface area contributed by atoms with Crippen molar-refractivity contribution >= 4 is 21.5 Å². The van der Waals surface area contributed by atoms with Crippen LogP contribution in [-0.4, -0.2) is 39.8 Å². The maximum atomic E-state index is 12.1. The summed E-state index contributed by atoms with van der Waals surface area (Å²) in [7, 11) is -3.33. The highest BCUT2D eigenvalue weighted by Crippen LogP contribution is 2.25. The SMILES string of the molecule is CCOC(=O)CN(CC)c1ccccc1S(=O)(=O)CC. The average Bonchev–Trinajstić information content (AvgIpc) is 2.45. The molecule has 1 aromatic carbocycles. The van der Waals surface area contributed by atoms with Crippen LogP contribution in [0.1, 0.15) is 20.8 Å². The van der Waals surface area contributed by atoms with Gasteiger partial charge < -0.3 is 9.64 Å². The Labute approximate surface area is 120 Å². The van der Waals surface area contributed by atoms with Crippen LogP contribution in [0, 0.1) is 0 Å². The van der Waals surface area contributed by atoms with Gasteiger partial charge in [0, 0.05) is 6.54 Å². The lowest BCUT2D eigenvalue weighted by atomic mass is 10.3. The van der Waals surface area contributed by atoms with Gasteiger partial charge in [-0.2, -0.15) is 0 Å². The normalized spacial score (nSPS) is 11.2. The Morgan fingerprint density at radius 3 is 2.40 bits per heavy atom. The lowest BCUT2D eigenvalue weighted by Crippen LogP contribution is -2.32. The molecule has 0 aliphatic carbocycles. The van der Waals surface area contributed by atoms with Gasteiger partial charge in [-0.3, -0.25) is 4.79 Å². The Morgan fingerprint density at radius 2 is 1.85 bits per heavy atom. The number of sulfone groups is 1. The molecule has 1 rings (SSSR count). The molecule has 0 aliphatic rings. The molecule has 0 aliphatic heterocycles. The van der Waals surface area contributed by atoms with Gasteiger partial charge in [-0.15, -0.1) is 0 Å². The van der Waals surface area contributed by atoms with E-state index in [2.05, 4.69) is 0 Å². The van der Waals surface area contributed by atoms with Gasteiger partial charge >= 0.3 is 5.97 Å². The van der Waals surface area contributed by atoms with Crippen LogP contribution in [-0.2, 0) is 19.4 Å². The van der Waals surface area contributed by atoms with Crippen molar-refractivity contribution in [2.75, 3.05) is 30.3 Å². The van der Waals surface area contributed by atoms with Crippen LogP contribution in [0.3, 0.4) is 0 Å². The first kappa shape index (κ1) is 16.5. The van der Waals surface area contributed by atoms with Gasteiger partial charge in [0.2, 0.25) is 0 Å². The van der Waals surface area contributed by atoms with E-state index in [0.29, 0.717) is 18.8 Å². The van der Waals surface area contributed by atoms with Crippen molar-refractivity contribution in [1.29, 1.82) is 0 Å². The summed E-state index contributed by atoms with van der Waals surface area (Å²) >= 11 is 0. The number of carbonyl (C=O) groups excluding carboxylic acids is 1. The van der Waals surface area contributed by atoms with Crippen LogP contribution in [0.4, 0.5) is 5.69 Å². The summed E-state index contributed by atoms with van der Waals surface area (Å²) in [4.78, 5) is 13.6. The van der Waals surface area contributed by atoms with Crippen molar-refractivity contribution in [2.24, 2.45) is 0 Å². The Bertz CT molecular complexity index is 554. The first-order valence-corrected chi connectivity index (χ1v) is 8.33. The van der Waals surface area contributed by atoms with Crippen molar-refractivity contribution < 1.29 is 17.9 Å². The molecule has 6 heteroatoms. The van der Waals surface area contributed by atoms with E-state index < -0.39 is 9.84 Å². The molecule has 0 N–H and O–H groups in total. The zero-order valence-electron chi connectivity index (χ0n) is 12.1. The fourth-order valence-electron chi connectivity index (χ4n) is 1.87. The smallest absolute Gasteiger partial charge is 0.325 e. The number of anilines is 1. The molecule has 0 atom stereocenters. The van der Waals surface area contributed by atoms with E-state index in [1.807, 2.05) is 6.92 Å². The molecular formula is C14H21NO4S. The van der Waals surface area contributed by atoms with Crippen LogP contribution in [0.2, 0.25) is 0 Å². The van der Waals surface area contributed by atoms with Gasteiger partial charge in [0.15, 0.2) is 9.84 Å². The first-order valence-electron chi connectivity index (χ1n) is 6.68. The van der Waals surface area contributed by atoms with Crippen molar-refractivity contribution in [3.63, 3.8) is 0 Å². The zero-order chi connectivity index (χ0) is 15.2. The van der Waals surface area contributed by atoms with Crippen LogP contribution in [0.15, 0.2) is 29.2 Å². The predicted octanol–water partition coefficient (Wildman–Crippen LogP) is 1.87. The highest BCUT2D eigenvalue weighted by Gasteiger charge is 2.21. The largest absolute Gasteiger partial charge is 0.465 e. The highest BCUT2D eigenvalue weighted by molar-refractivity contribution is 7.91. The minimum absolute atomic E-state index is 0.0287. The molecule has 0 spiro atoms. The predicted molar refractivity (Wildman–Crippen MR) is 78.7 cm³/mol. The van der Waals surface area contributed by atoms with E-state index in [-0.39, 0.29) is 23.2 Å². The standard InChI is InChI=1S/C14H21NO4S/c1-4-15(11-14(16)19-5-2)12-9-7-8-10-13(12)20(17,18)6-3/h7-10H,4-6,11H2,1-3H3. The molecule has 1 aromatic rings. The first-order chi connectivity index (χ1) is 9.46. The third kappa shape index (κ3) is 3.96. The quantitative estimate of drug-likeness (QED) is 0.719. The number of ether oxygens (including phenoxy) is 1. The van der Waals surface area contributed by atoms with Gasteiger partial charge in [0.25, 0.3) is 0 Å². The number of nitrogens with zero attached hydrogens (tertiary/aromatic N) is 1. The van der Waals surface area contributed by atoms with Crippen molar-refractivity contribution in [3.05, 3.63) is 24.3 Å². The van der Waals surface area contributed by atoms with Gasteiger partial charge in [0.05, 0.1) is 22.9 Å². The monoisotopic (exact) mass is 299 g/mol. The van der Waals surface area contributed by atoms with Crippen molar-refractivity contribution in [1.82, 2.24) is 0 Å². The number of rotatable bonds is 7. The van der Waals surface area contributed by atoms with Crippen LogP contribution >= 0.6 is 0 Å². The Hall–Kier alpha value is -1.56. The molecule has 0 fully saturated rings. The molecular weight excluding hydrogens is 278 g/mol.